The summed E-state index contributed by atoms with van der Waals surface area (Å²) in [4.78, 5) is 21.9. The van der Waals surface area contributed by atoms with Crippen molar-refractivity contribution in [2.75, 3.05) is 19.0 Å². The smallest absolute Gasteiger partial charge is 0.375 e. The molecule has 1 aromatic carbocycles. The summed E-state index contributed by atoms with van der Waals surface area (Å²) in [6.07, 6.45) is -4.91. The van der Waals surface area contributed by atoms with Crippen molar-refractivity contribution in [3.8, 4) is 0 Å². The molecule has 0 fully saturated rings. The lowest BCUT2D eigenvalue weighted by atomic mass is 10.2. The molecule has 0 bridgehead atoms. The SMILES string of the molecule is COCC(=O)Nc1cccc(CNC(=O)C(F)(F)F)c1. The van der Waals surface area contributed by atoms with Crippen LogP contribution >= 0.6 is 0 Å². The maximum absolute atomic E-state index is 12.0. The van der Waals surface area contributed by atoms with E-state index in [1.165, 1.54) is 19.2 Å². The molecule has 2 N–H and O–H groups in total. The van der Waals surface area contributed by atoms with Crippen LogP contribution in [-0.2, 0) is 20.9 Å². The van der Waals surface area contributed by atoms with Gasteiger partial charge in [-0.1, -0.05) is 12.1 Å². The van der Waals surface area contributed by atoms with Gasteiger partial charge in [0.15, 0.2) is 0 Å². The van der Waals surface area contributed by atoms with Crippen molar-refractivity contribution < 1.29 is 27.5 Å². The van der Waals surface area contributed by atoms with Gasteiger partial charge < -0.3 is 15.4 Å². The van der Waals surface area contributed by atoms with Gasteiger partial charge in [0.1, 0.15) is 6.61 Å². The Hall–Kier alpha value is -2.09. The molecule has 0 saturated carbocycles. The molecule has 1 rings (SSSR count). The lowest BCUT2D eigenvalue weighted by Crippen LogP contribution is -2.36. The van der Waals surface area contributed by atoms with E-state index in [2.05, 4.69) is 10.1 Å². The number of amides is 2. The molecule has 0 atom stereocenters. The van der Waals surface area contributed by atoms with Crippen molar-refractivity contribution >= 4 is 17.5 Å². The highest BCUT2D eigenvalue weighted by atomic mass is 19.4. The van der Waals surface area contributed by atoms with Crippen molar-refractivity contribution in [2.45, 2.75) is 12.7 Å². The summed E-state index contributed by atoms with van der Waals surface area (Å²) >= 11 is 0. The second-order valence-corrected chi connectivity index (χ2v) is 3.86. The maximum Gasteiger partial charge on any atom is 0.471 e. The zero-order chi connectivity index (χ0) is 15.2. The van der Waals surface area contributed by atoms with Crippen LogP contribution in [0.3, 0.4) is 0 Å². The van der Waals surface area contributed by atoms with Gasteiger partial charge in [-0.05, 0) is 17.7 Å². The fourth-order valence-corrected chi connectivity index (χ4v) is 1.37. The minimum atomic E-state index is -4.91. The van der Waals surface area contributed by atoms with Gasteiger partial charge in [0.05, 0.1) is 0 Å². The molecule has 0 unspecified atom stereocenters. The number of ether oxygens (including phenoxy) is 1. The summed E-state index contributed by atoms with van der Waals surface area (Å²) < 4.78 is 40.6. The van der Waals surface area contributed by atoms with Crippen molar-refractivity contribution in [3.05, 3.63) is 29.8 Å². The third kappa shape index (κ3) is 5.27. The van der Waals surface area contributed by atoms with E-state index in [0.29, 0.717) is 11.3 Å². The average molecular weight is 290 g/mol. The van der Waals surface area contributed by atoms with E-state index in [9.17, 15) is 22.8 Å². The lowest BCUT2D eigenvalue weighted by Gasteiger charge is -2.09. The predicted molar refractivity (Wildman–Crippen MR) is 64.8 cm³/mol. The van der Waals surface area contributed by atoms with Gasteiger partial charge in [0.2, 0.25) is 5.91 Å². The molecule has 0 aliphatic heterocycles. The Morgan fingerprint density at radius 2 is 2.00 bits per heavy atom. The Kier molecular flexibility index (Phi) is 5.51. The average Bonchev–Trinajstić information content (AvgIpc) is 2.35. The summed E-state index contributed by atoms with van der Waals surface area (Å²) in [6.45, 7) is -0.415. The van der Waals surface area contributed by atoms with E-state index in [0.717, 1.165) is 0 Å². The topological polar surface area (TPSA) is 67.4 Å². The van der Waals surface area contributed by atoms with E-state index < -0.39 is 12.1 Å². The molecule has 110 valence electrons. The van der Waals surface area contributed by atoms with Crippen molar-refractivity contribution in [3.63, 3.8) is 0 Å². The zero-order valence-corrected chi connectivity index (χ0v) is 10.6. The molecule has 20 heavy (non-hydrogen) atoms. The predicted octanol–water partition coefficient (Wildman–Crippen LogP) is 1.45. The number of alkyl halides is 3. The van der Waals surface area contributed by atoms with Gasteiger partial charge in [-0.3, -0.25) is 9.59 Å². The van der Waals surface area contributed by atoms with E-state index >= 15 is 0 Å². The molecule has 5 nitrogen and oxygen atoms in total. The second-order valence-electron chi connectivity index (χ2n) is 3.86. The first-order chi connectivity index (χ1) is 9.32. The number of methoxy groups -OCH3 is 1. The highest BCUT2D eigenvalue weighted by Gasteiger charge is 2.38. The number of hydrogen-bond acceptors (Lipinski definition) is 3. The minimum Gasteiger partial charge on any atom is -0.375 e. The number of halogens is 3. The quantitative estimate of drug-likeness (QED) is 0.862. The molecular weight excluding hydrogens is 277 g/mol. The van der Waals surface area contributed by atoms with Gasteiger partial charge in [0.25, 0.3) is 0 Å². The maximum atomic E-state index is 12.0. The molecule has 1 aromatic rings. The van der Waals surface area contributed by atoms with Gasteiger partial charge in [-0.15, -0.1) is 0 Å². The van der Waals surface area contributed by atoms with Crippen LogP contribution < -0.4 is 10.6 Å². The van der Waals surface area contributed by atoms with Crippen LogP contribution in [-0.4, -0.2) is 31.7 Å². The van der Waals surface area contributed by atoms with Crippen molar-refractivity contribution in [1.29, 1.82) is 0 Å². The first-order valence-electron chi connectivity index (χ1n) is 5.55. The van der Waals surface area contributed by atoms with Crippen LogP contribution in [0.2, 0.25) is 0 Å². The number of benzene rings is 1. The minimum absolute atomic E-state index is 0.130. The Morgan fingerprint density at radius 1 is 1.30 bits per heavy atom. The Balaban J connectivity index is 2.60. The summed E-state index contributed by atoms with van der Waals surface area (Å²) in [7, 11) is 1.36. The van der Waals surface area contributed by atoms with Gasteiger partial charge in [-0.2, -0.15) is 13.2 Å². The molecule has 0 heterocycles. The molecular formula is C12H13F3N2O3. The molecule has 0 aliphatic carbocycles. The van der Waals surface area contributed by atoms with Crippen LogP contribution in [0, 0.1) is 0 Å². The Morgan fingerprint density at radius 3 is 2.60 bits per heavy atom. The molecule has 2 amide bonds. The van der Waals surface area contributed by atoms with Crippen molar-refractivity contribution in [1.82, 2.24) is 5.32 Å². The highest BCUT2D eigenvalue weighted by Crippen LogP contribution is 2.15. The van der Waals surface area contributed by atoms with E-state index in [1.807, 2.05) is 0 Å². The molecule has 0 aromatic heterocycles. The Bertz CT molecular complexity index is 489. The number of carbonyl (C=O) groups excluding carboxylic acids is 2. The lowest BCUT2D eigenvalue weighted by molar-refractivity contribution is -0.173. The zero-order valence-electron chi connectivity index (χ0n) is 10.6. The summed E-state index contributed by atoms with van der Waals surface area (Å²) in [6, 6.07) is 6.12. The molecule has 8 heteroatoms. The van der Waals surface area contributed by atoms with E-state index in [-0.39, 0.29) is 19.1 Å². The summed E-state index contributed by atoms with van der Waals surface area (Å²) in [5.41, 5.74) is 0.837. The molecule has 0 spiro atoms. The molecule has 0 radical (unpaired) electrons. The fourth-order valence-electron chi connectivity index (χ4n) is 1.37. The number of nitrogens with one attached hydrogen (secondary N) is 2. The normalized spacial score (nSPS) is 11.0. The van der Waals surface area contributed by atoms with Gasteiger partial charge in [-0.25, -0.2) is 0 Å². The second kappa shape index (κ2) is 6.90. The fraction of sp³-hybridized carbons (Fsp3) is 0.333. The largest absolute Gasteiger partial charge is 0.471 e. The van der Waals surface area contributed by atoms with Crippen LogP contribution in [0.1, 0.15) is 5.56 Å². The standard InChI is InChI=1S/C12H13F3N2O3/c1-20-7-10(18)17-9-4-2-3-8(5-9)6-16-11(19)12(13,14)15/h2-5H,6-7H2,1H3,(H,16,19)(H,17,18). The summed E-state index contributed by atoms with van der Waals surface area (Å²) in [5.74, 6) is -2.39. The Labute approximate surface area is 113 Å². The number of anilines is 1. The van der Waals surface area contributed by atoms with Crippen LogP contribution in [0.25, 0.3) is 0 Å². The number of rotatable bonds is 5. The highest BCUT2D eigenvalue weighted by molar-refractivity contribution is 5.91. The number of hydrogen-bond donors (Lipinski definition) is 2. The third-order valence-corrected chi connectivity index (χ3v) is 2.20. The van der Waals surface area contributed by atoms with Crippen LogP contribution in [0.15, 0.2) is 24.3 Å². The third-order valence-electron chi connectivity index (χ3n) is 2.20. The van der Waals surface area contributed by atoms with Gasteiger partial charge >= 0.3 is 12.1 Å². The van der Waals surface area contributed by atoms with E-state index in [1.54, 1.807) is 17.4 Å². The van der Waals surface area contributed by atoms with Crippen LogP contribution in [0.4, 0.5) is 18.9 Å². The molecule has 0 saturated heterocycles. The first-order valence-corrected chi connectivity index (χ1v) is 5.55. The monoisotopic (exact) mass is 290 g/mol. The van der Waals surface area contributed by atoms with Gasteiger partial charge in [0, 0.05) is 19.3 Å². The number of carbonyl (C=O) groups is 2. The van der Waals surface area contributed by atoms with Crippen molar-refractivity contribution in [2.24, 2.45) is 0 Å². The first kappa shape index (κ1) is 16.0. The molecule has 0 aliphatic rings. The summed E-state index contributed by atoms with van der Waals surface area (Å²) in [5, 5.41) is 4.25. The van der Waals surface area contributed by atoms with E-state index in [4.69, 9.17) is 0 Å². The van der Waals surface area contributed by atoms with Crippen LogP contribution in [0.5, 0.6) is 0 Å².